The number of halogens is 3. The van der Waals surface area contributed by atoms with Crippen LogP contribution < -0.4 is 20.7 Å². The van der Waals surface area contributed by atoms with Crippen molar-refractivity contribution in [3.05, 3.63) is 90.5 Å². The Labute approximate surface area is 247 Å². The minimum atomic E-state index is -4.67. The molecule has 0 aliphatic heterocycles. The van der Waals surface area contributed by atoms with E-state index < -0.39 is 17.8 Å². The highest BCUT2D eigenvalue weighted by Gasteiger charge is 2.32. The largest absolute Gasteiger partial charge is 0.424 e. The highest BCUT2D eigenvalue weighted by atomic mass is 32.1. The first-order valence-corrected chi connectivity index (χ1v) is 13.7. The van der Waals surface area contributed by atoms with Crippen LogP contribution in [0.2, 0.25) is 0 Å². The fourth-order valence-electron chi connectivity index (χ4n) is 3.91. The maximum absolute atomic E-state index is 13.4. The molecule has 3 heterocycles. The molecule has 0 saturated carbocycles. The zero-order chi connectivity index (χ0) is 30.4. The third kappa shape index (κ3) is 7.42. The van der Waals surface area contributed by atoms with Gasteiger partial charge in [0.1, 0.15) is 5.75 Å². The van der Waals surface area contributed by atoms with Crippen molar-refractivity contribution in [3.8, 4) is 33.5 Å². The van der Waals surface area contributed by atoms with Crippen LogP contribution >= 0.6 is 11.3 Å². The summed E-state index contributed by atoms with van der Waals surface area (Å²) in [5.41, 5.74) is 0.974. The van der Waals surface area contributed by atoms with Crippen molar-refractivity contribution in [2.45, 2.75) is 19.7 Å². The van der Waals surface area contributed by atoms with Gasteiger partial charge in [-0.3, -0.25) is 4.98 Å². The van der Waals surface area contributed by atoms with Crippen LogP contribution in [-0.2, 0) is 12.8 Å². The number of amides is 2. The molecule has 220 valence electrons. The molecule has 3 aromatic heterocycles. The van der Waals surface area contributed by atoms with Crippen molar-refractivity contribution >= 4 is 33.9 Å². The average Bonchev–Trinajstić information content (AvgIpc) is 3.47. The molecule has 0 atom stereocenters. The summed E-state index contributed by atoms with van der Waals surface area (Å²) < 4.78 is 45.9. The fraction of sp³-hybridized carbons (Fsp3) is 0.138. The number of hydrogen-bond acceptors (Lipinski definition) is 9. The van der Waals surface area contributed by atoms with Crippen LogP contribution in [0.1, 0.15) is 18.1 Å². The van der Waals surface area contributed by atoms with E-state index in [1.54, 1.807) is 42.6 Å². The van der Waals surface area contributed by atoms with E-state index in [-0.39, 0.29) is 29.7 Å². The lowest BCUT2D eigenvalue weighted by Gasteiger charge is -2.15. The topological polar surface area (TPSA) is 134 Å². The van der Waals surface area contributed by atoms with Crippen LogP contribution in [0.3, 0.4) is 0 Å². The molecule has 2 aromatic carbocycles. The number of rotatable bonds is 9. The van der Waals surface area contributed by atoms with Gasteiger partial charge >= 0.3 is 18.2 Å². The van der Waals surface area contributed by atoms with Crippen LogP contribution in [0.5, 0.6) is 11.8 Å². The zero-order valence-electron chi connectivity index (χ0n) is 22.5. The minimum absolute atomic E-state index is 0.0269. The highest BCUT2D eigenvalue weighted by Crippen LogP contribution is 2.35. The number of anilines is 3. The van der Waals surface area contributed by atoms with E-state index in [1.807, 2.05) is 19.1 Å². The predicted molar refractivity (Wildman–Crippen MR) is 157 cm³/mol. The molecule has 2 amide bonds. The average molecular weight is 608 g/mol. The summed E-state index contributed by atoms with van der Waals surface area (Å²) >= 11 is 1.54. The molecule has 0 spiro atoms. The fourth-order valence-corrected chi connectivity index (χ4v) is 4.80. The molecule has 43 heavy (non-hydrogen) atoms. The summed E-state index contributed by atoms with van der Waals surface area (Å²) in [6.45, 7) is 2.52. The Morgan fingerprint density at radius 3 is 2.40 bits per heavy atom. The molecule has 4 N–H and O–H groups in total. The lowest BCUT2D eigenvalue weighted by molar-refractivity contribution is -0.137. The zero-order valence-corrected chi connectivity index (χ0v) is 23.3. The van der Waals surface area contributed by atoms with E-state index >= 15 is 0 Å². The van der Waals surface area contributed by atoms with Crippen LogP contribution in [0, 0.1) is 0 Å². The third-order valence-electron chi connectivity index (χ3n) is 5.91. The number of carbonyl (C=O) groups is 1. The predicted octanol–water partition coefficient (Wildman–Crippen LogP) is 7.04. The summed E-state index contributed by atoms with van der Waals surface area (Å²) in [5, 5.41) is 18.4. The van der Waals surface area contributed by atoms with E-state index in [9.17, 15) is 23.1 Å². The maximum atomic E-state index is 13.4. The number of hydrogen-bond donors (Lipinski definition) is 4. The number of pyridine rings is 1. The molecule has 0 fully saturated rings. The van der Waals surface area contributed by atoms with E-state index in [4.69, 9.17) is 4.74 Å². The molecule has 10 nitrogen and oxygen atoms in total. The molecular formula is C29H24F3N7O3S. The molecule has 5 aromatic rings. The first kappa shape index (κ1) is 29.4. The van der Waals surface area contributed by atoms with Crippen LogP contribution in [0.15, 0.2) is 79.4 Å². The highest BCUT2D eigenvalue weighted by molar-refractivity contribution is 7.18. The van der Waals surface area contributed by atoms with Crippen molar-refractivity contribution < 1.29 is 27.8 Å². The number of alkyl halides is 3. The second-order valence-corrected chi connectivity index (χ2v) is 10.0. The number of nitrogens with one attached hydrogen (secondary N) is 3. The third-order valence-corrected chi connectivity index (χ3v) is 6.92. The molecular weight excluding hydrogens is 583 g/mol. The standard InChI is InChI=1S/C29H24F3N7O3S/c1-2-33-28-37-15-24(43-28)18-6-8-22(9-7-18)42-27-35-13-21(14-36-27)38-26(41)39-23-11-20(29(30,31)32)12-34-25(23)19-5-3-4-17(10-19)16-40/h3-15,40H,2,16H2,1H3,(H,33,37)(H2,38,39,41). The van der Waals surface area contributed by atoms with Crippen molar-refractivity contribution in [3.63, 3.8) is 0 Å². The number of aliphatic hydroxyl groups excluding tert-OH is 1. The van der Waals surface area contributed by atoms with Gasteiger partial charge in [-0.1, -0.05) is 29.5 Å². The lowest BCUT2D eigenvalue weighted by atomic mass is 10.1. The molecule has 0 saturated heterocycles. The van der Waals surface area contributed by atoms with Gasteiger partial charge in [-0.25, -0.2) is 19.7 Å². The molecule has 0 unspecified atom stereocenters. The SMILES string of the molecule is CCNc1ncc(-c2ccc(Oc3ncc(NC(=O)Nc4cc(C(F)(F)F)cnc4-c4cccc(CO)c4)cn3)cc2)s1. The van der Waals surface area contributed by atoms with E-state index in [0.717, 1.165) is 28.2 Å². The number of nitrogens with zero attached hydrogens (tertiary/aromatic N) is 4. The summed E-state index contributed by atoms with van der Waals surface area (Å²) in [7, 11) is 0. The van der Waals surface area contributed by atoms with Gasteiger partial charge in [0.15, 0.2) is 5.13 Å². The van der Waals surface area contributed by atoms with Gasteiger partial charge < -0.3 is 25.8 Å². The Kier molecular flexibility index (Phi) is 8.78. The Bertz CT molecular complexity index is 1710. The minimum Gasteiger partial charge on any atom is -0.424 e. The number of aromatic nitrogens is 4. The Morgan fingerprint density at radius 1 is 0.930 bits per heavy atom. The molecule has 0 bridgehead atoms. The summed E-state index contributed by atoms with van der Waals surface area (Å²) in [4.78, 5) is 30.2. The number of benzene rings is 2. The smallest absolute Gasteiger partial charge is 0.417 e. The Morgan fingerprint density at radius 2 is 1.70 bits per heavy atom. The summed E-state index contributed by atoms with van der Waals surface area (Å²) in [5.74, 6) is 0.494. The molecule has 0 aliphatic carbocycles. The van der Waals surface area contributed by atoms with Gasteiger partial charge in [0.25, 0.3) is 0 Å². The van der Waals surface area contributed by atoms with Crippen LogP contribution in [0.25, 0.3) is 21.7 Å². The number of carbonyl (C=O) groups excluding carboxylic acids is 1. The van der Waals surface area contributed by atoms with Gasteiger partial charge in [-0.2, -0.15) is 13.2 Å². The van der Waals surface area contributed by atoms with Gasteiger partial charge in [-0.15, -0.1) is 0 Å². The first-order valence-electron chi connectivity index (χ1n) is 12.9. The van der Waals surface area contributed by atoms with Crippen LogP contribution in [-0.4, -0.2) is 37.6 Å². The number of ether oxygens (including phenoxy) is 1. The van der Waals surface area contributed by atoms with Gasteiger partial charge in [-0.05, 0) is 54.4 Å². The summed E-state index contributed by atoms with van der Waals surface area (Å²) in [6, 6.07) is 13.7. The van der Waals surface area contributed by atoms with E-state index in [2.05, 4.69) is 35.9 Å². The van der Waals surface area contributed by atoms with Crippen LogP contribution in [0.4, 0.5) is 34.5 Å². The van der Waals surface area contributed by atoms with Crippen molar-refractivity contribution in [2.75, 3.05) is 22.5 Å². The molecule has 5 rings (SSSR count). The Balaban J connectivity index is 1.25. The van der Waals surface area contributed by atoms with Crippen molar-refractivity contribution in [1.82, 2.24) is 19.9 Å². The molecule has 14 heteroatoms. The second kappa shape index (κ2) is 12.8. The van der Waals surface area contributed by atoms with Crippen molar-refractivity contribution in [1.29, 1.82) is 0 Å². The second-order valence-electron chi connectivity index (χ2n) is 9.00. The lowest BCUT2D eigenvalue weighted by Crippen LogP contribution is -2.21. The monoisotopic (exact) mass is 607 g/mol. The molecule has 0 radical (unpaired) electrons. The number of thiazole rings is 1. The van der Waals surface area contributed by atoms with E-state index in [0.29, 0.717) is 23.1 Å². The quantitative estimate of drug-likeness (QED) is 0.140. The number of aliphatic hydroxyl groups is 1. The van der Waals surface area contributed by atoms with Gasteiger partial charge in [0.2, 0.25) is 0 Å². The first-order chi connectivity index (χ1) is 20.7. The van der Waals surface area contributed by atoms with Crippen molar-refractivity contribution in [2.24, 2.45) is 0 Å². The molecule has 0 aliphatic rings. The summed E-state index contributed by atoms with van der Waals surface area (Å²) in [6.07, 6.45) is 0.400. The maximum Gasteiger partial charge on any atom is 0.417 e. The van der Waals surface area contributed by atoms with Gasteiger partial charge in [0, 0.05) is 24.5 Å². The number of urea groups is 1. The normalized spacial score (nSPS) is 11.2. The van der Waals surface area contributed by atoms with Gasteiger partial charge in [0.05, 0.1) is 46.5 Å². The Hall–Kier alpha value is -5.08. The van der Waals surface area contributed by atoms with E-state index in [1.165, 1.54) is 23.7 Å².